The van der Waals surface area contributed by atoms with Crippen LogP contribution in [-0.2, 0) is 16.8 Å². The number of methoxy groups -OCH3 is 2. The third kappa shape index (κ3) is 3.09. The molecule has 0 amide bonds. The maximum Gasteiger partial charge on any atom is 0.161 e. The fraction of sp³-hybridized carbons (Fsp3) is 0.348. The standard InChI is InChI=1S/C23H25NO3/c1-26-20-9-8-18(14-21(20)27-2)23-11-10-19(25)15-22(23)24(13-12-23)16-17-6-4-3-5-7-17/h3-9,14-15H,10-13,16H2,1-2H3. The van der Waals surface area contributed by atoms with Crippen molar-refractivity contribution in [3.05, 3.63) is 71.4 Å². The average molecular weight is 363 g/mol. The van der Waals surface area contributed by atoms with Crippen molar-refractivity contribution in [1.82, 2.24) is 4.90 Å². The number of hydrogen-bond donors (Lipinski definition) is 0. The summed E-state index contributed by atoms with van der Waals surface area (Å²) in [5.74, 6) is 1.69. The lowest BCUT2D eigenvalue weighted by Gasteiger charge is -2.36. The van der Waals surface area contributed by atoms with E-state index in [0.717, 1.165) is 43.1 Å². The summed E-state index contributed by atoms with van der Waals surface area (Å²) in [6.45, 7) is 1.78. The number of ketones is 1. The Hall–Kier alpha value is -2.75. The van der Waals surface area contributed by atoms with Crippen LogP contribution in [0.1, 0.15) is 30.4 Å². The number of nitrogens with zero attached hydrogens (tertiary/aromatic N) is 1. The van der Waals surface area contributed by atoms with Gasteiger partial charge < -0.3 is 14.4 Å². The molecule has 4 nitrogen and oxygen atoms in total. The minimum atomic E-state index is -0.123. The molecule has 0 bridgehead atoms. The van der Waals surface area contributed by atoms with Gasteiger partial charge in [-0.1, -0.05) is 36.4 Å². The summed E-state index contributed by atoms with van der Waals surface area (Å²) in [5, 5.41) is 0. The van der Waals surface area contributed by atoms with Crippen molar-refractivity contribution in [2.45, 2.75) is 31.2 Å². The van der Waals surface area contributed by atoms with Crippen LogP contribution in [0, 0.1) is 0 Å². The Balaban J connectivity index is 1.73. The van der Waals surface area contributed by atoms with Crippen LogP contribution < -0.4 is 9.47 Å². The number of rotatable bonds is 5. The number of likely N-dealkylation sites (tertiary alicyclic amines) is 1. The van der Waals surface area contributed by atoms with Gasteiger partial charge in [0.05, 0.1) is 14.2 Å². The van der Waals surface area contributed by atoms with E-state index in [2.05, 4.69) is 41.3 Å². The Bertz CT molecular complexity index is 874. The van der Waals surface area contributed by atoms with Gasteiger partial charge in [0, 0.05) is 36.7 Å². The van der Waals surface area contributed by atoms with Crippen LogP contribution in [0.5, 0.6) is 11.5 Å². The van der Waals surface area contributed by atoms with E-state index in [4.69, 9.17) is 9.47 Å². The quantitative estimate of drug-likeness (QED) is 0.802. The molecular weight excluding hydrogens is 338 g/mol. The maximum absolute atomic E-state index is 12.3. The largest absolute Gasteiger partial charge is 0.493 e. The molecule has 1 heterocycles. The first-order valence-electron chi connectivity index (χ1n) is 9.43. The summed E-state index contributed by atoms with van der Waals surface area (Å²) in [5.41, 5.74) is 3.49. The monoisotopic (exact) mass is 363 g/mol. The molecule has 2 aromatic rings. The highest BCUT2D eigenvalue weighted by molar-refractivity contribution is 5.92. The number of allylic oxidation sites excluding steroid dienone is 2. The first-order valence-corrected chi connectivity index (χ1v) is 9.43. The van der Waals surface area contributed by atoms with Crippen LogP contribution in [0.4, 0.5) is 0 Å². The van der Waals surface area contributed by atoms with Gasteiger partial charge in [-0.15, -0.1) is 0 Å². The van der Waals surface area contributed by atoms with Crippen molar-refractivity contribution < 1.29 is 14.3 Å². The highest BCUT2D eigenvalue weighted by Gasteiger charge is 2.46. The van der Waals surface area contributed by atoms with E-state index in [0.29, 0.717) is 6.42 Å². The summed E-state index contributed by atoms with van der Waals surface area (Å²) in [6.07, 6.45) is 4.32. The highest BCUT2D eigenvalue weighted by atomic mass is 16.5. The van der Waals surface area contributed by atoms with Crippen molar-refractivity contribution in [2.24, 2.45) is 0 Å². The summed E-state index contributed by atoms with van der Waals surface area (Å²) in [6, 6.07) is 16.6. The van der Waals surface area contributed by atoms with Gasteiger partial charge in [0.1, 0.15) is 0 Å². The fourth-order valence-corrected chi connectivity index (χ4v) is 4.46. The smallest absolute Gasteiger partial charge is 0.161 e. The van der Waals surface area contributed by atoms with Crippen LogP contribution in [0.15, 0.2) is 60.3 Å². The van der Waals surface area contributed by atoms with Crippen LogP contribution in [0.3, 0.4) is 0 Å². The third-order valence-corrected chi connectivity index (χ3v) is 5.89. The average Bonchev–Trinajstić information content (AvgIpc) is 3.07. The molecule has 4 heteroatoms. The molecule has 140 valence electrons. The lowest BCUT2D eigenvalue weighted by atomic mass is 9.70. The summed E-state index contributed by atoms with van der Waals surface area (Å²) in [7, 11) is 3.31. The zero-order valence-corrected chi connectivity index (χ0v) is 15.9. The van der Waals surface area contributed by atoms with Crippen molar-refractivity contribution in [1.29, 1.82) is 0 Å². The molecule has 1 saturated heterocycles. The normalized spacial score (nSPS) is 21.6. The zero-order valence-electron chi connectivity index (χ0n) is 15.9. The molecule has 2 aromatic carbocycles. The molecule has 2 aliphatic rings. The highest BCUT2D eigenvalue weighted by Crippen LogP contribution is 2.50. The second kappa shape index (κ2) is 7.10. The van der Waals surface area contributed by atoms with Crippen molar-refractivity contribution >= 4 is 5.78 Å². The molecule has 0 radical (unpaired) electrons. The molecule has 1 atom stereocenters. The minimum Gasteiger partial charge on any atom is -0.493 e. The molecule has 4 rings (SSSR count). The van der Waals surface area contributed by atoms with E-state index >= 15 is 0 Å². The number of carbonyl (C=O) groups is 1. The summed E-state index contributed by atoms with van der Waals surface area (Å²) in [4.78, 5) is 14.6. The fourth-order valence-electron chi connectivity index (χ4n) is 4.46. The Morgan fingerprint density at radius 2 is 1.78 bits per heavy atom. The second-order valence-electron chi connectivity index (χ2n) is 7.30. The van der Waals surface area contributed by atoms with E-state index in [9.17, 15) is 4.79 Å². The van der Waals surface area contributed by atoms with Crippen molar-refractivity contribution in [2.75, 3.05) is 20.8 Å². The van der Waals surface area contributed by atoms with Gasteiger partial charge in [-0.05, 0) is 36.1 Å². The Morgan fingerprint density at radius 1 is 1.00 bits per heavy atom. The van der Waals surface area contributed by atoms with E-state index in [-0.39, 0.29) is 11.2 Å². The van der Waals surface area contributed by atoms with Gasteiger partial charge >= 0.3 is 0 Å². The van der Waals surface area contributed by atoms with E-state index in [1.807, 2.05) is 18.2 Å². The number of carbonyl (C=O) groups excluding carboxylic acids is 1. The number of hydrogen-bond acceptors (Lipinski definition) is 4. The predicted octanol–water partition coefficient (Wildman–Crippen LogP) is 4.09. The molecule has 0 saturated carbocycles. The Kier molecular flexibility index (Phi) is 4.65. The van der Waals surface area contributed by atoms with Gasteiger partial charge in [-0.25, -0.2) is 0 Å². The van der Waals surface area contributed by atoms with Gasteiger partial charge in [0.2, 0.25) is 0 Å². The Morgan fingerprint density at radius 3 is 2.52 bits per heavy atom. The zero-order chi connectivity index (χ0) is 18.9. The van der Waals surface area contributed by atoms with Gasteiger partial charge in [0.25, 0.3) is 0 Å². The molecular formula is C23H25NO3. The van der Waals surface area contributed by atoms with Crippen LogP contribution >= 0.6 is 0 Å². The molecule has 1 aliphatic carbocycles. The Labute approximate surface area is 160 Å². The number of fused-ring (bicyclic) bond motifs is 1. The van der Waals surface area contributed by atoms with Crippen LogP contribution in [-0.4, -0.2) is 31.4 Å². The first-order chi connectivity index (χ1) is 13.2. The van der Waals surface area contributed by atoms with E-state index in [1.165, 1.54) is 11.1 Å². The molecule has 1 fully saturated rings. The second-order valence-corrected chi connectivity index (χ2v) is 7.30. The molecule has 1 aliphatic heterocycles. The van der Waals surface area contributed by atoms with Crippen molar-refractivity contribution in [3.8, 4) is 11.5 Å². The van der Waals surface area contributed by atoms with Gasteiger partial charge in [0.15, 0.2) is 17.3 Å². The number of benzene rings is 2. The van der Waals surface area contributed by atoms with Crippen molar-refractivity contribution in [3.63, 3.8) is 0 Å². The lowest BCUT2D eigenvalue weighted by molar-refractivity contribution is -0.115. The van der Waals surface area contributed by atoms with Crippen LogP contribution in [0.2, 0.25) is 0 Å². The lowest BCUT2D eigenvalue weighted by Crippen LogP contribution is -2.33. The molecule has 1 unspecified atom stereocenters. The molecule has 0 spiro atoms. The molecule has 0 N–H and O–H groups in total. The van der Waals surface area contributed by atoms with E-state index < -0.39 is 0 Å². The SMILES string of the molecule is COc1ccc(C23CCC(=O)C=C2N(Cc2ccccc2)CC3)cc1OC. The minimum absolute atomic E-state index is 0.123. The summed E-state index contributed by atoms with van der Waals surface area (Å²) >= 11 is 0. The topological polar surface area (TPSA) is 38.8 Å². The third-order valence-electron chi connectivity index (χ3n) is 5.89. The van der Waals surface area contributed by atoms with E-state index in [1.54, 1.807) is 14.2 Å². The molecule has 27 heavy (non-hydrogen) atoms. The summed E-state index contributed by atoms with van der Waals surface area (Å²) < 4.78 is 10.9. The number of ether oxygens (including phenoxy) is 2. The van der Waals surface area contributed by atoms with Gasteiger partial charge in [-0.2, -0.15) is 0 Å². The van der Waals surface area contributed by atoms with Crippen LogP contribution in [0.25, 0.3) is 0 Å². The molecule has 0 aromatic heterocycles. The first kappa shape index (κ1) is 17.7. The van der Waals surface area contributed by atoms with Gasteiger partial charge in [-0.3, -0.25) is 4.79 Å². The predicted molar refractivity (Wildman–Crippen MR) is 105 cm³/mol. The maximum atomic E-state index is 12.3.